The molecule has 0 saturated carbocycles. The summed E-state index contributed by atoms with van der Waals surface area (Å²) in [6.45, 7) is -2.13. The van der Waals surface area contributed by atoms with Crippen LogP contribution in [0.25, 0.3) is 22.0 Å². The second-order valence-electron chi connectivity index (χ2n) is 7.24. The molecule has 6 bridgehead atoms. The predicted molar refractivity (Wildman–Crippen MR) is 121 cm³/mol. The van der Waals surface area contributed by atoms with Crippen LogP contribution in [0.2, 0.25) is 5.02 Å². The van der Waals surface area contributed by atoms with Crippen LogP contribution in [0.5, 0.6) is 11.6 Å². The number of fused-ring (bicyclic) bond motifs is 6. The molecule has 30 heavy (non-hydrogen) atoms. The number of aryl methyl sites for hydroxylation is 1. The van der Waals surface area contributed by atoms with Crippen LogP contribution in [0, 0.1) is 0 Å². The Kier molecular flexibility index (Phi) is 4.00. The van der Waals surface area contributed by atoms with Crippen LogP contribution in [0.15, 0.2) is 66.7 Å². The van der Waals surface area contributed by atoms with Gasteiger partial charge < -0.3 is 9.47 Å². The standard InChI is InChI=1S/C25H20Cl2NO2/c1-28-23-9-7-17-12-21(23)20(13-24(28)29-2)15-4-3-5-19(11-15)30-14-18-10-16(25(17)27)6-8-22(18)26/h3-13,25H,14H2,1-2H3/q+1/i1D3. The minimum Gasteiger partial charge on any atom is -0.489 e. The second kappa shape index (κ2) is 7.50. The lowest BCUT2D eigenvalue weighted by atomic mass is 9.96. The summed E-state index contributed by atoms with van der Waals surface area (Å²) in [7, 11) is 1.47. The Morgan fingerprint density at radius 2 is 1.90 bits per heavy atom. The minimum atomic E-state index is -2.43. The smallest absolute Gasteiger partial charge is 0.368 e. The zero-order valence-corrected chi connectivity index (χ0v) is 17.7. The van der Waals surface area contributed by atoms with Crippen LogP contribution in [-0.4, -0.2) is 7.11 Å². The quantitative estimate of drug-likeness (QED) is 0.259. The molecule has 1 aliphatic rings. The lowest BCUT2D eigenvalue weighted by Crippen LogP contribution is -2.31. The molecule has 1 aromatic heterocycles. The monoisotopic (exact) mass is 439 g/mol. The third-order valence-corrected chi connectivity index (χ3v) is 6.32. The van der Waals surface area contributed by atoms with Gasteiger partial charge in [-0.2, -0.15) is 4.57 Å². The van der Waals surface area contributed by atoms with E-state index in [0.717, 1.165) is 33.2 Å². The number of alkyl halides is 1. The van der Waals surface area contributed by atoms with Crippen molar-refractivity contribution in [1.29, 1.82) is 0 Å². The Hall–Kier alpha value is -2.75. The van der Waals surface area contributed by atoms with E-state index in [9.17, 15) is 0 Å². The van der Waals surface area contributed by atoms with Gasteiger partial charge in [0.25, 0.3) is 0 Å². The van der Waals surface area contributed by atoms with E-state index in [1.54, 1.807) is 12.1 Å². The molecule has 5 heteroatoms. The lowest BCUT2D eigenvalue weighted by Gasteiger charge is -2.14. The fourth-order valence-corrected chi connectivity index (χ4v) is 4.31. The van der Waals surface area contributed by atoms with Crippen molar-refractivity contribution >= 4 is 34.1 Å². The summed E-state index contributed by atoms with van der Waals surface area (Å²) in [5.41, 5.74) is 4.78. The van der Waals surface area contributed by atoms with E-state index in [1.807, 2.05) is 54.6 Å². The normalized spacial score (nSPS) is 17.0. The van der Waals surface area contributed by atoms with Crippen LogP contribution in [-0.2, 0) is 13.6 Å². The van der Waals surface area contributed by atoms with E-state index in [-0.39, 0.29) is 5.88 Å². The van der Waals surface area contributed by atoms with Gasteiger partial charge in [-0.05, 0) is 47.0 Å². The fraction of sp³-hybridized carbons (Fsp3) is 0.160. The van der Waals surface area contributed by atoms with Crippen LogP contribution < -0.4 is 14.0 Å². The Labute approximate surface area is 189 Å². The number of rotatable bonds is 1. The first-order chi connectivity index (χ1) is 15.8. The minimum absolute atomic E-state index is 0.238. The molecule has 3 aromatic carbocycles. The maximum atomic E-state index is 8.10. The van der Waals surface area contributed by atoms with Gasteiger partial charge in [-0.3, -0.25) is 0 Å². The SMILES string of the molecule is [2H]C([2H])([2H])[n+]1c(OC)cc2c3cc(ccc31)C(Cl)c1ccc(Cl)c(c1)COc1cccc-2c1. The number of nitrogens with zero attached hydrogens (tertiary/aromatic N) is 1. The van der Waals surface area contributed by atoms with Gasteiger partial charge >= 0.3 is 5.88 Å². The van der Waals surface area contributed by atoms with Crippen molar-refractivity contribution in [2.24, 2.45) is 6.98 Å². The molecule has 2 heterocycles. The van der Waals surface area contributed by atoms with Crippen molar-refractivity contribution in [3.8, 4) is 22.8 Å². The number of benzene rings is 3. The summed E-state index contributed by atoms with van der Waals surface area (Å²) in [5.74, 6) is 0.910. The zero-order valence-electron chi connectivity index (χ0n) is 19.2. The summed E-state index contributed by atoms with van der Waals surface area (Å²) >= 11 is 13.3. The number of hydrogen-bond acceptors (Lipinski definition) is 2. The third-order valence-electron chi connectivity index (χ3n) is 5.44. The molecule has 0 amide bonds. The molecule has 0 spiro atoms. The van der Waals surface area contributed by atoms with Gasteiger partial charge in [0.1, 0.15) is 23.4 Å². The average molecular weight is 440 g/mol. The highest BCUT2D eigenvalue weighted by Gasteiger charge is 2.22. The van der Waals surface area contributed by atoms with Gasteiger partial charge in [0.05, 0.1) is 23.9 Å². The van der Waals surface area contributed by atoms with Gasteiger partial charge in [0, 0.05) is 22.2 Å². The average Bonchev–Trinajstić information content (AvgIpc) is 2.80. The van der Waals surface area contributed by atoms with Crippen molar-refractivity contribution in [1.82, 2.24) is 0 Å². The topological polar surface area (TPSA) is 22.3 Å². The van der Waals surface area contributed by atoms with E-state index in [2.05, 4.69) is 0 Å². The van der Waals surface area contributed by atoms with Crippen molar-refractivity contribution in [3.63, 3.8) is 0 Å². The van der Waals surface area contributed by atoms with E-state index >= 15 is 0 Å². The molecule has 0 aliphatic carbocycles. The molecule has 0 saturated heterocycles. The largest absolute Gasteiger partial charge is 0.489 e. The molecule has 3 nitrogen and oxygen atoms in total. The first-order valence-electron chi connectivity index (χ1n) is 11.0. The molecular weight excluding hydrogens is 417 g/mol. The zero-order chi connectivity index (χ0) is 23.3. The fourth-order valence-electron chi connectivity index (χ4n) is 3.87. The molecule has 4 aromatic rings. The van der Waals surface area contributed by atoms with Crippen molar-refractivity contribution in [2.75, 3.05) is 7.11 Å². The highest BCUT2D eigenvalue weighted by atomic mass is 35.5. The van der Waals surface area contributed by atoms with Gasteiger partial charge in [-0.1, -0.05) is 35.9 Å². The molecule has 0 N–H and O–H groups in total. The molecule has 0 radical (unpaired) electrons. The summed E-state index contributed by atoms with van der Waals surface area (Å²) in [6.07, 6.45) is 0. The summed E-state index contributed by atoms with van der Waals surface area (Å²) in [5, 5.41) is 0.905. The van der Waals surface area contributed by atoms with Crippen LogP contribution in [0.4, 0.5) is 0 Å². The second-order valence-corrected chi connectivity index (χ2v) is 8.09. The van der Waals surface area contributed by atoms with Crippen molar-refractivity contribution < 1.29 is 18.2 Å². The Morgan fingerprint density at radius 1 is 1.07 bits per heavy atom. The first kappa shape index (κ1) is 16.0. The van der Waals surface area contributed by atoms with Crippen LogP contribution >= 0.6 is 23.2 Å². The van der Waals surface area contributed by atoms with Crippen molar-refractivity contribution in [2.45, 2.75) is 12.0 Å². The number of methoxy groups -OCH3 is 1. The van der Waals surface area contributed by atoms with Crippen LogP contribution in [0.3, 0.4) is 0 Å². The Bertz CT molecular complexity index is 1390. The molecular formula is C25H20Cl2NO2+. The Balaban J connectivity index is 1.87. The van der Waals surface area contributed by atoms with Gasteiger partial charge in [0.2, 0.25) is 5.52 Å². The maximum absolute atomic E-state index is 8.10. The summed E-state index contributed by atoms with van der Waals surface area (Å²) < 4.78 is 37.1. The highest BCUT2D eigenvalue weighted by molar-refractivity contribution is 6.31. The van der Waals surface area contributed by atoms with E-state index in [0.29, 0.717) is 22.9 Å². The van der Waals surface area contributed by atoms with Crippen LogP contribution in [0.1, 0.15) is 26.2 Å². The number of aromatic nitrogens is 1. The van der Waals surface area contributed by atoms with Gasteiger partial charge in [-0.25, -0.2) is 0 Å². The summed E-state index contributed by atoms with van der Waals surface area (Å²) in [4.78, 5) is 0. The molecule has 1 aliphatic heterocycles. The number of ether oxygens (including phenoxy) is 2. The Morgan fingerprint density at radius 3 is 2.73 bits per heavy atom. The molecule has 0 fully saturated rings. The highest BCUT2D eigenvalue weighted by Crippen LogP contribution is 2.37. The lowest BCUT2D eigenvalue weighted by molar-refractivity contribution is -0.650. The third kappa shape index (κ3) is 3.19. The van der Waals surface area contributed by atoms with Gasteiger partial charge in [-0.15, -0.1) is 11.6 Å². The van der Waals surface area contributed by atoms with Gasteiger partial charge in [0.15, 0.2) is 0 Å². The number of halogens is 2. The maximum Gasteiger partial charge on any atom is 0.368 e. The molecule has 150 valence electrons. The van der Waals surface area contributed by atoms with E-state index in [1.165, 1.54) is 11.7 Å². The molecule has 5 rings (SSSR count). The molecule has 1 unspecified atom stereocenters. The number of pyridine rings is 1. The molecule has 1 atom stereocenters. The van der Waals surface area contributed by atoms with E-state index < -0.39 is 12.4 Å². The predicted octanol–water partition coefficient (Wildman–Crippen LogP) is 6.21. The van der Waals surface area contributed by atoms with E-state index in [4.69, 9.17) is 36.8 Å². The number of hydrogen-bond donors (Lipinski definition) is 0. The van der Waals surface area contributed by atoms with Crippen molar-refractivity contribution in [3.05, 3.63) is 88.4 Å². The first-order valence-corrected chi connectivity index (χ1v) is 10.3. The summed E-state index contributed by atoms with van der Waals surface area (Å²) in [6, 6.07) is 20.7.